The van der Waals surface area contributed by atoms with Gasteiger partial charge in [0.15, 0.2) is 0 Å². The van der Waals surface area contributed by atoms with Crippen molar-refractivity contribution >= 4 is 0 Å². The molecule has 0 radical (unpaired) electrons. The van der Waals surface area contributed by atoms with Crippen molar-refractivity contribution in [3.05, 3.63) is 35.9 Å². The molecule has 3 unspecified atom stereocenters. The number of hydrogen-bond acceptors (Lipinski definition) is 3. The van der Waals surface area contributed by atoms with Crippen molar-refractivity contribution in [3.63, 3.8) is 0 Å². The molecule has 0 amide bonds. The van der Waals surface area contributed by atoms with Crippen LogP contribution in [0.1, 0.15) is 31.2 Å². The molecule has 1 aliphatic carbocycles. The van der Waals surface area contributed by atoms with Crippen LogP contribution in [0.4, 0.5) is 0 Å². The molecule has 3 nitrogen and oxygen atoms in total. The standard InChI is InChI=1S/C15H22O3/c16-14(9-13-7-4-8-15(13)17)11-18-10-12-5-2-1-3-6-12/h1-3,5-6,13-17H,4,7-11H2. The zero-order chi connectivity index (χ0) is 12.8. The maximum absolute atomic E-state index is 9.87. The molecule has 1 aliphatic rings. The minimum atomic E-state index is -0.466. The van der Waals surface area contributed by atoms with Gasteiger partial charge in [0, 0.05) is 0 Å². The molecular formula is C15H22O3. The van der Waals surface area contributed by atoms with Crippen molar-refractivity contribution in [2.75, 3.05) is 6.61 Å². The number of aliphatic hydroxyl groups is 2. The van der Waals surface area contributed by atoms with E-state index in [1.165, 1.54) is 0 Å². The van der Waals surface area contributed by atoms with Gasteiger partial charge >= 0.3 is 0 Å². The van der Waals surface area contributed by atoms with Gasteiger partial charge in [0.1, 0.15) is 0 Å². The zero-order valence-corrected chi connectivity index (χ0v) is 10.7. The minimum Gasteiger partial charge on any atom is -0.393 e. The van der Waals surface area contributed by atoms with E-state index in [0.29, 0.717) is 19.6 Å². The third-order valence-corrected chi connectivity index (χ3v) is 3.62. The van der Waals surface area contributed by atoms with Crippen LogP contribution in [0.2, 0.25) is 0 Å². The van der Waals surface area contributed by atoms with E-state index in [-0.39, 0.29) is 12.0 Å². The van der Waals surface area contributed by atoms with Gasteiger partial charge in [-0.2, -0.15) is 0 Å². The summed E-state index contributed by atoms with van der Waals surface area (Å²) in [5.41, 5.74) is 1.12. The van der Waals surface area contributed by atoms with Gasteiger partial charge in [0.05, 0.1) is 25.4 Å². The first-order chi connectivity index (χ1) is 8.75. The van der Waals surface area contributed by atoms with Gasteiger partial charge in [-0.15, -0.1) is 0 Å². The molecule has 0 heterocycles. The van der Waals surface area contributed by atoms with Gasteiger partial charge in [0.25, 0.3) is 0 Å². The molecule has 0 aromatic heterocycles. The number of hydrogen-bond donors (Lipinski definition) is 2. The fraction of sp³-hybridized carbons (Fsp3) is 0.600. The summed E-state index contributed by atoms with van der Waals surface area (Å²) in [6, 6.07) is 9.94. The molecule has 2 rings (SSSR count). The van der Waals surface area contributed by atoms with Crippen molar-refractivity contribution < 1.29 is 14.9 Å². The molecule has 2 N–H and O–H groups in total. The summed E-state index contributed by atoms with van der Waals surface area (Å²) in [5.74, 6) is 0.250. The fourth-order valence-corrected chi connectivity index (χ4v) is 2.60. The van der Waals surface area contributed by atoms with Gasteiger partial charge in [-0.05, 0) is 30.7 Å². The molecule has 100 valence electrons. The summed E-state index contributed by atoms with van der Waals surface area (Å²) in [6.45, 7) is 0.878. The van der Waals surface area contributed by atoms with Crippen LogP contribution < -0.4 is 0 Å². The summed E-state index contributed by atoms with van der Waals surface area (Å²) < 4.78 is 5.50. The van der Waals surface area contributed by atoms with E-state index in [0.717, 1.165) is 24.8 Å². The number of aliphatic hydroxyl groups excluding tert-OH is 2. The van der Waals surface area contributed by atoms with Crippen LogP contribution in [0.3, 0.4) is 0 Å². The number of benzene rings is 1. The molecule has 1 saturated carbocycles. The molecule has 3 atom stereocenters. The summed E-state index contributed by atoms with van der Waals surface area (Å²) in [7, 11) is 0. The van der Waals surface area contributed by atoms with Crippen LogP contribution in [0, 0.1) is 5.92 Å². The van der Waals surface area contributed by atoms with Gasteiger partial charge in [-0.25, -0.2) is 0 Å². The first-order valence-corrected chi connectivity index (χ1v) is 6.73. The maximum atomic E-state index is 9.87. The van der Waals surface area contributed by atoms with Gasteiger partial charge in [-0.1, -0.05) is 36.8 Å². The van der Waals surface area contributed by atoms with E-state index in [9.17, 15) is 10.2 Å². The lowest BCUT2D eigenvalue weighted by atomic mass is 9.98. The fourth-order valence-electron chi connectivity index (χ4n) is 2.60. The predicted molar refractivity (Wildman–Crippen MR) is 70.1 cm³/mol. The average Bonchev–Trinajstić information content (AvgIpc) is 2.76. The van der Waals surface area contributed by atoms with E-state index in [1.807, 2.05) is 30.3 Å². The Kier molecular flexibility index (Phi) is 5.17. The second kappa shape index (κ2) is 6.88. The van der Waals surface area contributed by atoms with E-state index in [2.05, 4.69) is 0 Å². The van der Waals surface area contributed by atoms with Crippen molar-refractivity contribution in [2.24, 2.45) is 5.92 Å². The molecule has 18 heavy (non-hydrogen) atoms. The molecule has 3 heteroatoms. The van der Waals surface area contributed by atoms with E-state index in [1.54, 1.807) is 0 Å². The highest BCUT2D eigenvalue weighted by Crippen LogP contribution is 2.29. The topological polar surface area (TPSA) is 49.7 Å². The predicted octanol–water partition coefficient (Wildman–Crippen LogP) is 2.12. The Morgan fingerprint density at radius 2 is 2.00 bits per heavy atom. The molecule has 0 spiro atoms. The third kappa shape index (κ3) is 4.09. The molecule has 0 bridgehead atoms. The van der Waals surface area contributed by atoms with Crippen molar-refractivity contribution in [3.8, 4) is 0 Å². The Labute approximate surface area is 108 Å². The van der Waals surface area contributed by atoms with Crippen LogP contribution >= 0.6 is 0 Å². The monoisotopic (exact) mass is 250 g/mol. The summed E-state index contributed by atoms with van der Waals surface area (Å²) in [6.07, 6.45) is 2.93. The molecular weight excluding hydrogens is 228 g/mol. The average molecular weight is 250 g/mol. The van der Waals surface area contributed by atoms with Crippen molar-refractivity contribution in [2.45, 2.75) is 44.5 Å². The van der Waals surface area contributed by atoms with E-state index < -0.39 is 6.10 Å². The lowest BCUT2D eigenvalue weighted by Gasteiger charge is -2.18. The Balaban J connectivity index is 1.64. The highest BCUT2D eigenvalue weighted by atomic mass is 16.5. The van der Waals surface area contributed by atoms with Gasteiger partial charge in [0.2, 0.25) is 0 Å². The maximum Gasteiger partial charge on any atom is 0.0777 e. The highest BCUT2D eigenvalue weighted by Gasteiger charge is 2.27. The Morgan fingerprint density at radius 3 is 2.67 bits per heavy atom. The molecule has 0 saturated heterocycles. The van der Waals surface area contributed by atoms with Crippen LogP contribution in [0.5, 0.6) is 0 Å². The summed E-state index contributed by atoms with van der Waals surface area (Å²) >= 11 is 0. The molecule has 0 aliphatic heterocycles. The molecule has 1 fully saturated rings. The quantitative estimate of drug-likeness (QED) is 0.813. The Morgan fingerprint density at radius 1 is 1.22 bits per heavy atom. The van der Waals surface area contributed by atoms with Crippen LogP contribution in [0.25, 0.3) is 0 Å². The van der Waals surface area contributed by atoms with E-state index in [4.69, 9.17) is 4.74 Å². The normalized spacial score (nSPS) is 25.2. The molecule has 1 aromatic carbocycles. The number of rotatable bonds is 6. The minimum absolute atomic E-state index is 0.228. The van der Waals surface area contributed by atoms with Crippen LogP contribution in [-0.4, -0.2) is 29.0 Å². The SMILES string of the molecule is OC(COCc1ccccc1)CC1CCCC1O. The first kappa shape index (κ1) is 13.5. The van der Waals surface area contributed by atoms with Gasteiger partial charge in [-0.3, -0.25) is 0 Å². The zero-order valence-electron chi connectivity index (χ0n) is 10.7. The van der Waals surface area contributed by atoms with Crippen molar-refractivity contribution in [1.82, 2.24) is 0 Å². The smallest absolute Gasteiger partial charge is 0.0777 e. The molecule has 1 aromatic rings. The summed E-state index contributed by atoms with van der Waals surface area (Å²) in [5, 5.41) is 19.6. The second-order valence-corrected chi connectivity index (χ2v) is 5.15. The highest BCUT2D eigenvalue weighted by molar-refractivity contribution is 5.13. The third-order valence-electron chi connectivity index (χ3n) is 3.62. The number of ether oxygens (including phenoxy) is 1. The van der Waals surface area contributed by atoms with Gasteiger partial charge < -0.3 is 14.9 Å². The van der Waals surface area contributed by atoms with Crippen molar-refractivity contribution in [1.29, 1.82) is 0 Å². The first-order valence-electron chi connectivity index (χ1n) is 6.73. The van der Waals surface area contributed by atoms with E-state index >= 15 is 0 Å². The van der Waals surface area contributed by atoms with Crippen LogP contribution in [0.15, 0.2) is 30.3 Å². The second-order valence-electron chi connectivity index (χ2n) is 5.15. The lowest BCUT2D eigenvalue weighted by molar-refractivity contribution is 0.00493. The lowest BCUT2D eigenvalue weighted by Crippen LogP contribution is -2.23. The Bertz CT molecular complexity index is 339. The Hall–Kier alpha value is -0.900. The van der Waals surface area contributed by atoms with Crippen LogP contribution in [-0.2, 0) is 11.3 Å². The largest absolute Gasteiger partial charge is 0.393 e. The summed E-state index contributed by atoms with van der Waals surface area (Å²) in [4.78, 5) is 0.